The van der Waals surface area contributed by atoms with Crippen LogP contribution in [0.1, 0.15) is 22.8 Å². The number of aromatic amines is 1. The van der Waals surface area contributed by atoms with Crippen molar-refractivity contribution in [3.63, 3.8) is 0 Å². The van der Waals surface area contributed by atoms with Gasteiger partial charge in [-0.1, -0.05) is 23.7 Å². The topological polar surface area (TPSA) is 115 Å². The van der Waals surface area contributed by atoms with Gasteiger partial charge in [-0.2, -0.15) is 0 Å². The Balaban J connectivity index is 1.51. The maximum absolute atomic E-state index is 13.6. The number of halogens is 1. The van der Waals surface area contributed by atoms with Gasteiger partial charge in [0.05, 0.1) is 47.3 Å². The molecule has 1 aliphatic rings. The zero-order valence-corrected chi connectivity index (χ0v) is 20.5. The number of hydrogen-bond donors (Lipinski definition) is 3. The molecule has 0 radical (unpaired) electrons. The Bertz CT molecular complexity index is 1500. The van der Waals surface area contributed by atoms with E-state index < -0.39 is 5.54 Å². The first-order valence-electron chi connectivity index (χ1n) is 11.1. The lowest BCUT2D eigenvalue weighted by Gasteiger charge is -2.35. The van der Waals surface area contributed by atoms with E-state index in [2.05, 4.69) is 20.6 Å². The van der Waals surface area contributed by atoms with Crippen LogP contribution in [-0.4, -0.2) is 48.0 Å². The third-order valence-electron chi connectivity index (χ3n) is 6.01. The molecule has 2 aromatic heterocycles. The SMILES string of the molecule is COC[C@]1(C)Nc2c(cnc3[nH]cc(C(=O)c4ccc(Oc5ccccc5OC)cc4Cl)c23)NC1=O. The van der Waals surface area contributed by atoms with Gasteiger partial charge in [-0.3, -0.25) is 9.59 Å². The Morgan fingerprint density at radius 2 is 1.89 bits per heavy atom. The fraction of sp³-hybridized carbons (Fsp3) is 0.192. The number of hydrogen-bond acceptors (Lipinski definition) is 7. The number of pyridine rings is 1. The van der Waals surface area contributed by atoms with E-state index in [4.69, 9.17) is 25.8 Å². The maximum Gasteiger partial charge on any atom is 0.252 e. The molecule has 0 unspecified atom stereocenters. The standard InChI is InChI=1S/C26H23ClN4O5/c1-26(13-34-2)25(33)30-18-12-29-24-21(22(18)31-26)16(11-28-24)23(32)15-9-8-14(10-17(15)27)36-20-7-5-4-6-19(20)35-3/h4-12,31H,13H2,1-3H3,(H,28,29)(H,30,33)/t26-/m0/s1. The molecule has 10 heteroatoms. The molecule has 3 N–H and O–H groups in total. The smallest absolute Gasteiger partial charge is 0.252 e. The van der Waals surface area contributed by atoms with E-state index in [1.807, 2.05) is 12.1 Å². The predicted molar refractivity (Wildman–Crippen MR) is 137 cm³/mol. The van der Waals surface area contributed by atoms with Crippen LogP contribution in [0.4, 0.5) is 11.4 Å². The first-order valence-corrected chi connectivity index (χ1v) is 11.5. The van der Waals surface area contributed by atoms with Gasteiger partial charge in [-0.05, 0) is 31.2 Å². The number of ether oxygens (including phenoxy) is 3. The molecule has 9 nitrogen and oxygen atoms in total. The normalized spacial score (nSPS) is 16.7. The number of para-hydroxylation sites is 2. The quantitative estimate of drug-likeness (QED) is 0.301. The van der Waals surface area contributed by atoms with Crippen LogP contribution in [0, 0.1) is 0 Å². The first-order chi connectivity index (χ1) is 17.3. The second-order valence-corrected chi connectivity index (χ2v) is 8.95. The highest BCUT2D eigenvalue weighted by Crippen LogP contribution is 2.39. The van der Waals surface area contributed by atoms with Crippen molar-refractivity contribution < 1.29 is 23.8 Å². The van der Waals surface area contributed by atoms with E-state index in [1.165, 1.54) is 13.3 Å². The Hall–Kier alpha value is -4.08. The number of ketones is 1. The molecule has 0 spiro atoms. The van der Waals surface area contributed by atoms with Crippen LogP contribution in [0.3, 0.4) is 0 Å². The summed E-state index contributed by atoms with van der Waals surface area (Å²) in [7, 11) is 3.08. The maximum atomic E-state index is 13.6. The van der Waals surface area contributed by atoms with Crippen molar-refractivity contribution in [2.75, 3.05) is 31.5 Å². The lowest BCUT2D eigenvalue weighted by atomic mass is 9.96. The number of carbonyl (C=O) groups excluding carboxylic acids is 2. The summed E-state index contributed by atoms with van der Waals surface area (Å²) < 4.78 is 16.5. The van der Waals surface area contributed by atoms with Crippen molar-refractivity contribution >= 4 is 45.7 Å². The van der Waals surface area contributed by atoms with Crippen LogP contribution in [0.15, 0.2) is 54.9 Å². The second-order valence-electron chi connectivity index (χ2n) is 8.54. The van der Waals surface area contributed by atoms with E-state index in [9.17, 15) is 9.59 Å². The number of benzene rings is 2. The van der Waals surface area contributed by atoms with Crippen LogP contribution in [0.5, 0.6) is 17.2 Å². The molecule has 2 aromatic carbocycles. The van der Waals surface area contributed by atoms with Gasteiger partial charge in [0.2, 0.25) is 0 Å². The van der Waals surface area contributed by atoms with Gasteiger partial charge < -0.3 is 29.8 Å². The summed E-state index contributed by atoms with van der Waals surface area (Å²) in [6, 6.07) is 12.1. The Labute approximate surface area is 211 Å². The minimum atomic E-state index is -1.03. The van der Waals surface area contributed by atoms with Crippen molar-refractivity contribution in [2.45, 2.75) is 12.5 Å². The third-order valence-corrected chi connectivity index (χ3v) is 6.32. The largest absolute Gasteiger partial charge is 0.493 e. The molecule has 184 valence electrons. The van der Waals surface area contributed by atoms with Crippen LogP contribution in [0.25, 0.3) is 11.0 Å². The van der Waals surface area contributed by atoms with Gasteiger partial charge in [-0.15, -0.1) is 0 Å². The molecule has 0 saturated carbocycles. The highest BCUT2D eigenvalue weighted by molar-refractivity contribution is 6.36. The summed E-state index contributed by atoms with van der Waals surface area (Å²) >= 11 is 6.53. The lowest BCUT2D eigenvalue weighted by molar-refractivity contribution is -0.121. The van der Waals surface area contributed by atoms with Crippen molar-refractivity contribution in [3.05, 3.63) is 71.0 Å². The highest BCUT2D eigenvalue weighted by Gasteiger charge is 2.39. The number of H-pyrrole nitrogens is 1. The second kappa shape index (κ2) is 9.18. The Morgan fingerprint density at radius 3 is 2.61 bits per heavy atom. The van der Waals surface area contributed by atoms with E-state index in [0.29, 0.717) is 50.8 Å². The first kappa shape index (κ1) is 23.7. The van der Waals surface area contributed by atoms with Crippen LogP contribution in [0.2, 0.25) is 5.02 Å². The van der Waals surface area contributed by atoms with Crippen LogP contribution >= 0.6 is 11.6 Å². The number of carbonyl (C=O) groups is 2. The van der Waals surface area contributed by atoms with Crippen molar-refractivity contribution in [2.24, 2.45) is 0 Å². The predicted octanol–water partition coefficient (Wildman–Crippen LogP) is 5.02. The highest BCUT2D eigenvalue weighted by atomic mass is 35.5. The zero-order chi connectivity index (χ0) is 25.4. The third kappa shape index (κ3) is 4.02. The van der Waals surface area contributed by atoms with E-state index in [1.54, 1.807) is 50.6 Å². The average molecular weight is 507 g/mol. The summed E-state index contributed by atoms with van der Waals surface area (Å²) in [5.41, 5.74) is 1.17. The summed E-state index contributed by atoms with van der Waals surface area (Å²) in [6.07, 6.45) is 3.12. The van der Waals surface area contributed by atoms with Gasteiger partial charge in [-0.25, -0.2) is 4.98 Å². The number of anilines is 2. The number of aromatic nitrogens is 2. The number of nitrogens with zero attached hydrogens (tertiary/aromatic N) is 1. The summed E-state index contributed by atoms with van der Waals surface area (Å²) in [6.45, 7) is 1.86. The molecular weight excluding hydrogens is 484 g/mol. The molecular formula is C26H23ClN4O5. The monoisotopic (exact) mass is 506 g/mol. The summed E-state index contributed by atoms with van der Waals surface area (Å²) in [5, 5.41) is 6.87. The van der Waals surface area contributed by atoms with Gasteiger partial charge in [0.1, 0.15) is 16.9 Å². The molecule has 0 aliphatic carbocycles. The molecule has 4 aromatic rings. The van der Waals surface area contributed by atoms with Gasteiger partial charge in [0.15, 0.2) is 17.3 Å². The van der Waals surface area contributed by atoms with Crippen molar-refractivity contribution in [3.8, 4) is 17.2 Å². The van der Waals surface area contributed by atoms with Gasteiger partial charge in [0.25, 0.3) is 5.91 Å². The van der Waals surface area contributed by atoms with E-state index in [0.717, 1.165) is 0 Å². The number of fused-ring (bicyclic) bond motifs is 3. The number of amides is 1. The molecule has 36 heavy (non-hydrogen) atoms. The molecule has 1 aliphatic heterocycles. The van der Waals surface area contributed by atoms with Crippen molar-refractivity contribution in [1.82, 2.24) is 9.97 Å². The van der Waals surface area contributed by atoms with E-state index in [-0.39, 0.29) is 23.3 Å². The average Bonchev–Trinajstić information content (AvgIpc) is 3.30. The Morgan fingerprint density at radius 1 is 1.11 bits per heavy atom. The minimum Gasteiger partial charge on any atom is -0.493 e. The Kier molecular flexibility index (Phi) is 6.03. The fourth-order valence-electron chi connectivity index (χ4n) is 4.20. The molecule has 1 amide bonds. The lowest BCUT2D eigenvalue weighted by Crippen LogP contribution is -2.53. The molecule has 0 saturated heterocycles. The fourth-order valence-corrected chi connectivity index (χ4v) is 4.46. The number of nitrogens with one attached hydrogen (secondary N) is 3. The molecule has 1 atom stereocenters. The van der Waals surface area contributed by atoms with Crippen molar-refractivity contribution in [1.29, 1.82) is 0 Å². The van der Waals surface area contributed by atoms with E-state index >= 15 is 0 Å². The zero-order valence-electron chi connectivity index (χ0n) is 19.8. The minimum absolute atomic E-state index is 0.134. The van der Waals surface area contributed by atoms with Gasteiger partial charge >= 0.3 is 0 Å². The molecule has 0 fully saturated rings. The summed E-state index contributed by atoms with van der Waals surface area (Å²) in [4.78, 5) is 33.7. The number of methoxy groups -OCH3 is 2. The molecule has 5 rings (SSSR count). The molecule has 3 heterocycles. The number of rotatable bonds is 7. The van der Waals surface area contributed by atoms with Gasteiger partial charge in [0, 0.05) is 24.9 Å². The van der Waals surface area contributed by atoms with Crippen LogP contribution < -0.4 is 20.1 Å². The summed E-state index contributed by atoms with van der Waals surface area (Å²) in [5.74, 6) is 0.993. The van der Waals surface area contributed by atoms with Crippen LogP contribution in [-0.2, 0) is 9.53 Å². The molecule has 0 bridgehead atoms.